The van der Waals surface area contributed by atoms with Crippen LogP contribution in [0.1, 0.15) is 72.5 Å². The summed E-state index contributed by atoms with van der Waals surface area (Å²) in [6.07, 6.45) is -3.21. The molecule has 1 aliphatic carbocycles. The third-order valence-corrected chi connectivity index (χ3v) is 7.19. The maximum atomic E-state index is 14.1. The van der Waals surface area contributed by atoms with Crippen LogP contribution in [0.4, 0.5) is 28.0 Å². The second kappa shape index (κ2) is 13.3. The maximum Gasteiger partial charge on any atom is 0.435 e. The van der Waals surface area contributed by atoms with Gasteiger partial charge in [-0.05, 0) is 99.2 Å². The monoisotopic (exact) mass is 637 g/mol. The second-order valence-electron chi connectivity index (χ2n) is 12.3. The molecule has 0 aliphatic heterocycles. The number of anilines is 1. The quantitative estimate of drug-likeness (QED) is 0.158. The van der Waals surface area contributed by atoms with Crippen LogP contribution in [-0.4, -0.2) is 33.9 Å². The molecule has 0 saturated heterocycles. The van der Waals surface area contributed by atoms with E-state index in [1.54, 1.807) is 57.2 Å². The fraction of sp³-hybridized carbons (Fsp3) is 0.324. The number of carbonyl (C=O) groups is 2. The minimum Gasteiger partial charge on any atom is -0.444 e. The summed E-state index contributed by atoms with van der Waals surface area (Å²) in [4.78, 5) is 25.6. The van der Waals surface area contributed by atoms with Crippen molar-refractivity contribution in [3.05, 3.63) is 113 Å². The first-order valence-corrected chi connectivity index (χ1v) is 14.9. The van der Waals surface area contributed by atoms with Gasteiger partial charge in [-0.3, -0.25) is 4.79 Å². The lowest BCUT2D eigenvalue weighted by molar-refractivity contribution is -0.141. The van der Waals surface area contributed by atoms with Crippen LogP contribution < -0.4 is 16.0 Å². The van der Waals surface area contributed by atoms with E-state index in [0.717, 1.165) is 29.6 Å². The molecule has 1 aromatic heterocycles. The van der Waals surface area contributed by atoms with Gasteiger partial charge in [0.1, 0.15) is 17.1 Å². The van der Waals surface area contributed by atoms with Crippen LogP contribution in [0.15, 0.2) is 78.9 Å². The Hall–Kier alpha value is -4.71. The first-order valence-electron chi connectivity index (χ1n) is 14.9. The van der Waals surface area contributed by atoms with Crippen molar-refractivity contribution >= 4 is 17.7 Å². The van der Waals surface area contributed by atoms with E-state index in [4.69, 9.17) is 4.74 Å². The normalized spacial score (nSPS) is 14.1. The fourth-order valence-corrected chi connectivity index (χ4v) is 4.88. The Bertz CT molecular complexity index is 1710. The maximum absolute atomic E-state index is 14.1. The van der Waals surface area contributed by atoms with Crippen LogP contribution in [-0.2, 0) is 17.5 Å². The Labute approximate surface area is 264 Å². The lowest BCUT2D eigenvalue weighted by Gasteiger charge is -2.21. The van der Waals surface area contributed by atoms with E-state index >= 15 is 0 Å². The summed E-state index contributed by atoms with van der Waals surface area (Å²) >= 11 is 0. The van der Waals surface area contributed by atoms with Crippen molar-refractivity contribution < 1.29 is 31.9 Å². The molecular formula is C34H35F4N5O3. The topological polar surface area (TPSA) is 97.3 Å². The Morgan fingerprint density at radius 2 is 1.65 bits per heavy atom. The molecule has 5 rings (SSSR count). The fourth-order valence-electron chi connectivity index (χ4n) is 4.88. The van der Waals surface area contributed by atoms with Crippen molar-refractivity contribution in [3.63, 3.8) is 0 Å². The number of benzene rings is 3. The first-order chi connectivity index (χ1) is 21.7. The molecular weight excluding hydrogens is 602 g/mol. The van der Waals surface area contributed by atoms with Crippen LogP contribution >= 0.6 is 0 Å². The van der Waals surface area contributed by atoms with Gasteiger partial charge in [-0.2, -0.15) is 18.3 Å². The van der Waals surface area contributed by atoms with Crippen molar-refractivity contribution in [2.45, 2.75) is 58.0 Å². The number of alkyl carbamates (subject to hydrolysis) is 1. The average molecular weight is 638 g/mol. The molecule has 0 spiro atoms. The summed E-state index contributed by atoms with van der Waals surface area (Å²) in [6.45, 7) is 5.94. The van der Waals surface area contributed by atoms with Crippen molar-refractivity contribution in [1.29, 1.82) is 0 Å². The molecule has 4 aromatic rings. The molecule has 1 fully saturated rings. The summed E-state index contributed by atoms with van der Waals surface area (Å²) in [7, 11) is 0. The molecule has 8 nitrogen and oxygen atoms in total. The van der Waals surface area contributed by atoms with Gasteiger partial charge in [-0.25, -0.2) is 13.9 Å². The summed E-state index contributed by atoms with van der Waals surface area (Å²) < 4.78 is 61.6. The highest BCUT2D eigenvalue weighted by Crippen LogP contribution is 2.32. The number of ether oxygens (including phenoxy) is 1. The molecule has 12 heteroatoms. The number of hydrogen-bond acceptors (Lipinski definition) is 5. The molecule has 0 bridgehead atoms. The van der Waals surface area contributed by atoms with E-state index < -0.39 is 29.5 Å². The van der Waals surface area contributed by atoms with Gasteiger partial charge in [0.15, 0.2) is 5.69 Å². The first kappa shape index (κ1) is 32.7. The predicted molar refractivity (Wildman–Crippen MR) is 165 cm³/mol. The standard InChI is InChI=1S/C34H35F4N5O3/c1-33(2,3)46-32(45)40-20-22-7-4-12-27(15-22)43-28(18-29(42-43)34(36,37)38)31(44)41-26-11-6-9-24(17-26)30(39-19-21-13-14-21)23-8-5-10-25(35)16-23/h4-12,15-18,21,30,39H,13-14,19-20H2,1-3H3,(H,40,45)(H,41,44). The van der Waals surface area contributed by atoms with E-state index in [1.165, 1.54) is 24.3 Å². The lowest BCUT2D eigenvalue weighted by Crippen LogP contribution is -2.32. The highest BCUT2D eigenvalue weighted by atomic mass is 19.4. The molecule has 2 amide bonds. The number of aromatic nitrogens is 2. The number of nitrogens with zero attached hydrogens (tertiary/aromatic N) is 2. The highest BCUT2D eigenvalue weighted by Gasteiger charge is 2.36. The zero-order chi connectivity index (χ0) is 33.1. The number of carbonyl (C=O) groups excluding carboxylic acids is 2. The summed E-state index contributed by atoms with van der Waals surface area (Å²) in [5.74, 6) is -0.641. The van der Waals surface area contributed by atoms with Crippen molar-refractivity contribution in [2.24, 2.45) is 5.92 Å². The van der Waals surface area contributed by atoms with Crippen LogP contribution in [0.25, 0.3) is 5.69 Å². The van der Waals surface area contributed by atoms with Crippen molar-refractivity contribution in [1.82, 2.24) is 20.4 Å². The zero-order valence-electron chi connectivity index (χ0n) is 25.6. The smallest absolute Gasteiger partial charge is 0.435 e. The van der Waals surface area contributed by atoms with Gasteiger partial charge in [0, 0.05) is 18.3 Å². The minimum atomic E-state index is -4.80. The Balaban J connectivity index is 1.40. The van der Waals surface area contributed by atoms with E-state index in [1.807, 2.05) is 12.1 Å². The van der Waals surface area contributed by atoms with Crippen LogP contribution in [0.2, 0.25) is 0 Å². The van der Waals surface area contributed by atoms with Gasteiger partial charge in [-0.15, -0.1) is 0 Å². The molecule has 1 atom stereocenters. The molecule has 1 aliphatic rings. The summed E-state index contributed by atoms with van der Waals surface area (Å²) in [5, 5.41) is 12.5. The number of halogens is 4. The van der Waals surface area contributed by atoms with E-state index in [9.17, 15) is 27.2 Å². The molecule has 46 heavy (non-hydrogen) atoms. The van der Waals surface area contributed by atoms with Crippen LogP contribution in [0, 0.1) is 11.7 Å². The third-order valence-electron chi connectivity index (χ3n) is 7.19. The SMILES string of the molecule is CC(C)(C)OC(=O)NCc1cccc(-n2nc(C(F)(F)F)cc2C(=O)Nc2cccc(C(NCC3CC3)c3cccc(F)c3)c2)c1. The van der Waals surface area contributed by atoms with Crippen LogP contribution in [0.5, 0.6) is 0 Å². The number of nitrogens with one attached hydrogen (secondary N) is 3. The molecule has 1 saturated carbocycles. The van der Waals surface area contributed by atoms with E-state index in [2.05, 4.69) is 21.0 Å². The van der Waals surface area contributed by atoms with Gasteiger partial charge in [0.2, 0.25) is 0 Å². The Morgan fingerprint density at radius 1 is 0.957 bits per heavy atom. The van der Waals surface area contributed by atoms with Crippen molar-refractivity contribution in [3.8, 4) is 5.69 Å². The lowest BCUT2D eigenvalue weighted by atomic mass is 9.97. The molecule has 242 valence electrons. The minimum absolute atomic E-state index is 0.0335. The number of amides is 2. The van der Waals surface area contributed by atoms with Crippen molar-refractivity contribution in [2.75, 3.05) is 11.9 Å². The molecule has 3 N–H and O–H groups in total. The molecule has 1 unspecified atom stereocenters. The van der Waals surface area contributed by atoms with Gasteiger partial charge in [-0.1, -0.05) is 36.4 Å². The van der Waals surface area contributed by atoms with E-state index in [0.29, 0.717) is 28.8 Å². The predicted octanol–water partition coefficient (Wildman–Crippen LogP) is 7.40. The second-order valence-corrected chi connectivity index (χ2v) is 12.3. The summed E-state index contributed by atoms with van der Waals surface area (Å²) in [5.41, 5.74) is 0.250. The van der Waals surface area contributed by atoms with Gasteiger partial charge < -0.3 is 20.7 Å². The number of rotatable bonds is 10. The van der Waals surface area contributed by atoms with Gasteiger partial charge in [0.05, 0.1) is 11.7 Å². The molecule has 0 radical (unpaired) electrons. The Kier molecular flexibility index (Phi) is 9.47. The molecule has 1 heterocycles. The summed E-state index contributed by atoms with van der Waals surface area (Å²) in [6, 6.07) is 19.8. The third kappa shape index (κ3) is 8.72. The molecule has 3 aromatic carbocycles. The highest BCUT2D eigenvalue weighted by molar-refractivity contribution is 6.03. The average Bonchev–Trinajstić information content (AvgIpc) is 3.69. The largest absolute Gasteiger partial charge is 0.444 e. The number of hydrogen-bond donors (Lipinski definition) is 3. The van der Waals surface area contributed by atoms with Gasteiger partial charge >= 0.3 is 12.3 Å². The Morgan fingerprint density at radius 3 is 2.33 bits per heavy atom. The van der Waals surface area contributed by atoms with Gasteiger partial charge in [0.25, 0.3) is 5.91 Å². The van der Waals surface area contributed by atoms with Crippen LogP contribution in [0.3, 0.4) is 0 Å². The number of alkyl halides is 3. The van der Waals surface area contributed by atoms with E-state index in [-0.39, 0.29) is 29.8 Å². The zero-order valence-corrected chi connectivity index (χ0v) is 25.6.